The van der Waals surface area contributed by atoms with Gasteiger partial charge in [0.15, 0.2) is 15.5 Å². The zero-order valence-electron chi connectivity index (χ0n) is 23.0. The third-order valence-corrected chi connectivity index (χ3v) is 7.78. The van der Waals surface area contributed by atoms with Crippen LogP contribution in [0, 0.1) is 12.7 Å². The Morgan fingerprint density at radius 3 is 2.16 bits per heavy atom. The second-order valence-corrected chi connectivity index (χ2v) is 11.7. The number of aromatic nitrogens is 5. The molecule has 0 spiro atoms. The summed E-state index contributed by atoms with van der Waals surface area (Å²) in [5, 5.41) is 17.5. The maximum atomic E-state index is 15.0. The van der Waals surface area contributed by atoms with Gasteiger partial charge in [-0.3, -0.25) is 0 Å². The van der Waals surface area contributed by atoms with Crippen LogP contribution in [0.25, 0.3) is 33.8 Å². The first-order valence-corrected chi connectivity index (χ1v) is 14.5. The van der Waals surface area contributed by atoms with Gasteiger partial charge in [0, 0.05) is 23.6 Å². The zero-order valence-corrected chi connectivity index (χ0v) is 23.8. The molecule has 0 saturated carbocycles. The van der Waals surface area contributed by atoms with Crippen LogP contribution in [0.3, 0.4) is 0 Å². The average Bonchev–Trinajstić information content (AvgIpc) is 3.58. The predicted molar refractivity (Wildman–Crippen MR) is 145 cm³/mol. The minimum absolute atomic E-state index is 0.0478. The van der Waals surface area contributed by atoms with E-state index in [4.69, 9.17) is 0 Å². The van der Waals surface area contributed by atoms with E-state index in [0.717, 1.165) is 41.3 Å². The lowest BCUT2D eigenvalue weighted by molar-refractivity contribution is -0.274. The zero-order chi connectivity index (χ0) is 32.9. The van der Waals surface area contributed by atoms with E-state index in [0.29, 0.717) is 5.56 Å². The Bertz CT molecular complexity index is 2000. The first-order chi connectivity index (χ1) is 21.0. The standard InChI is InChI=1S/C28H20F7N5O4S/c1-15-37-26(27(30,31)32)13-39(15)22-8-5-17(18-9-21(29)20(14-41)25(11-18)45(2,42)43)10-23(22)40-24(12-36-38-40)16-3-6-19(7-4-16)44-28(33,34)35/h3-13,41H,14H2,1-2H3. The average molecular weight is 656 g/mol. The van der Waals surface area contributed by atoms with Crippen LogP contribution in [0.2, 0.25) is 0 Å². The summed E-state index contributed by atoms with van der Waals surface area (Å²) in [6, 6.07) is 11.0. The van der Waals surface area contributed by atoms with Crippen molar-refractivity contribution in [2.24, 2.45) is 0 Å². The lowest BCUT2D eigenvalue weighted by Crippen LogP contribution is -2.16. The number of benzene rings is 3. The lowest BCUT2D eigenvalue weighted by Gasteiger charge is -2.17. The lowest BCUT2D eigenvalue weighted by atomic mass is 10.0. The molecule has 5 aromatic rings. The van der Waals surface area contributed by atoms with Gasteiger partial charge in [0.2, 0.25) is 0 Å². The van der Waals surface area contributed by atoms with Crippen molar-refractivity contribution < 1.29 is 49.0 Å². The van der Waals surface area contributed by atoms with E-state index in [9.17, 15) is 44.3 Å². The molecule has 0 aliphatic heterocycles. The minimum atomic E-state index is -4.93. The highest BCUT2D eigenvalue weighted by atomic mass is 32.2. The van der Waals surface area contributed by atoms with E-state index < -0.39 is 56.7 Å². The first kappa shape index (κ1) is 31.6. The van der Waals surface area contributed by atoms with Crippen molar-refractivity contribution in [2.75, 3.05) is 6.26 Å². The number of sulfone groups is 1. The third kappa shape index (κ3) is 6.53. The summed E-state index contributed by atoms with van der Waals surface area (Å²) < 4.78 is 125. The predicted octanol–water partition coefficient (Wildman–Crippen LogP) is 6.05. The van der Waals surface area contributed by atoms with Gasteiger partial charge in [-0.05, 0) is 66.6 Å². The van der Waals surface area contributed by atoms with Gasteiger partial charge in [-0.1, -0.05) is 11.3 Å². The van der Waals surface area contributed by atoms with Gasteiger partial charge < -0.3 is 14.4 Å². The second-order valence-electron chi connectivity index (χ2n) is 9.71. The molecular formula is C28H20F7N5O4S. The number of hydrogen-bond acceptors (Lipinski definition) is 7. The van der Waals surface area contributed by atoms with Crippen molar-refractivity contribution in [2.45, 2.75) is 31.0 Å². The van der Waals surface area contributed by atoms with Gasteiger partial charge in [-0.25, -0.2) is 22.5 Å². The summed E-state index contributed by atoms with van der Waals surface area (Å²) in [4.78, 5) is 3.13. The van der Waals surface area contributed by atoms with Gasteiger partial charge >= 0.3 is 12.5 Å². The fourth-order valence-corrected chi connectivity index (χ4v) is 5.58. The monoisotopic (exact) mass is 655 g/mol. The summed E-state index contributed by atoms with van der Waals surface area (Å²) in [5.74, 6) is -1.58. The molecule has 17 heteroatoms. The van der Waals surface area contributed by atoms with E-state index in [2.05, 4.69) is 20.0 Å². The molecule has 5 rings (SSSR count). The maximum absolute atomic E-state index is 15.0. The molecule has 1 N–H and O–H groups in total. The fourth-order valence-electron chi connectivity index (χ4n) is 4.63. The Balaban J connectivity index is 1.72. The summed E-state index contributed by atoms with van der Waals surface area (Å²) in [7, 11) is -4.00. The fraction of sp³-hybridized carbons (Fsp3) is 0.179. The molecule has 0 atom stereocenters. The van der Waals surface area contributed by atoms with Crippen LogP contribution in [0.5, 0.6) is 5.75 Å². The summed E-state index contributed by atoms with van der Waals surface area (Å²) in [6.07, 6.45) is -6.85. The van der Waals surface area contributed by atoms with Crippen molar-refractivity contribution in [3.05, 3.63) is 89.9 Å². The maximum Gasteiger partial charge on any atom is 0.573 e. The number of alkyl halides is 6. The molecule has 0 aliphatic carbocycles. The van der Waals surface area contributed by atoms with E-state index >= 15 is 0 Å². The Kier molecular flexibility index (Phi) is 7.95. The van der Waals surface area contributed by atoms with Gasteiger partial charge in [0.05, 0.1) is 34.8 Å². The van der Waals surface area contributed by atoms with Crippen LogP contribution >= 0.6 is 0 Å². The highest BCUT2D eigenvalue weighted by Crippen LogP contribution is 2.36. The number of hydrogen-bond donors (Lipinski definition) is 1. The summed E-state index contributed by atoms with van der Waals surface area (Å²) in [5.41, 5.74) is -0.729. The van der Waals surface area contributed by atoms with Crippen LogP contribution in [0.15, 0.2) is 71.9 Å². The van der Waals surface area contributed by atoms with Crippen LogP contribution in [-0.2, 0) is 22.6 Å². The SMILES string of the molecule is Cc1nc(C(F)(F)F)cn1-c1ccc(-c2cc(F)c(CO)c(S(C)(=O)=O)c2)cc1-n1nncc1-c1ccc(OC(F)(F)F)cc1. The Labute approximate surface area is 250 Å². The molecule has 9 nitrogen and oxygen atoms in total. The molecule has 0 radical (unpaired) electrons. The van der Waals surface area contributed by atoms with Crippen molar-refractivity contribution in [1.82, 2.24) is 24.5 Å². The molecule has 0 bridgehead atoms. The molecular weight excluding hydrogens is 635 g/mol. The molecule has 0 aliphatic rings. The molecule has 0 unspecified atom stereocenters. The smallest absolute Gasteiger partial charge is 0.406 e. The van der Waals surface area contributed by atoms with Crippen molar-refractivity contribution in [3.63, 3.8) is 0 Å². The minimum Gasteiger partial charge on any atom is -0.406 e. The van der Waals surface area contributed by atoms with Crippen LogP contribution in [-0.4, -0.2) is 50.7 Å². The van der Waals surface area contributed by atoms with E-state index in [-0.39, 0.29) is 34.0 Å². The largest absolute Gasteiger partial charge is 0.573 e. The van der Waals surface area contributed by atoms with Gasteiger partial charge in [-0.2, -0.15) is 13.2 Å². The number of ether oxygens (including phenoxy) is 1. The molecule has 236 valence electrons. The van der Waals surface area contributed by atoms with E-state index in [1.54, 1.807) is 0 Å². The van der Waals surface area contributed by atoms with E-state index in [1.165, 1.54) is 48.1 Å². The molecule has 45 heavy (non-hydrogen) atoms. The first-order valence-electron chi connectivity index (χ1n) is 12.6. The molecule has 0 amide bonds. The van der Waals surface area contributed by atoms with Crippen LogP contribution < -0.4 is 4.74 Å². The Morgan fingerprint density at radius 1 is 0.911 bits per heavy atom. The van der Waals surface area contributed by atoms with Crippen LogP contribution in [0.1, 0.15) is 17.1 Å². The van der Waals surface area contributed by atoms with Crippen molar-refractivity contribution in [3.8, 4) is 39.5 Å². The molecule has 0 saturated heterocycles. The van der Waals surface area contributed by atoms with Crippen molar-refractivity contribution >= 4 is 9.84 Å². The topological polar surface area (TPSA) is 112 Å². The molecule has 0 fully saturated rings. The van der Waals surface area contributed by atoms with Crippen molar-refractivity contribution in [1.29, 1.82) is 0 Å². The number of rotatable bonds is 7. The highest BCUT2D eigenvalue weighted by molar-refractivity contribution is 7.90. The number of nitrogens with zero attached hydrogens (tertiary/aromatic N) is 5. The quantitative estimate of drug-likeness (QED) is 0.213. The molecule has 2 heterocycles. The molecule has 3 aromatic carbocycles. The Hall–Kier alpha value is -4.77. The number of aliphatic hydroxyl groups is 1. The van der Waals surface area contributed by atoms with Crippen LogP contribution in [0.4, 0.5) is 30.7 Å². The normalized spacial score (nSPS) is 12.5. The summed E-state index contributed by atoms with van der Waals surface area (Å²) in [6.45, 7) is 0.436. The second kappa shape index (κ2) is 11.3. The number of aryl methyl sites for hydroxylation is 1. The molecule has 2 aromatic heterocycles. The van der Waals surface area contributed by atoms with Gasteiger partial charge in [0.25, 0.3) is 0 Å². The summed E-state index contributed by atoms with van der Waals surface area (Å²) >= 11 is 0. The number of imidazole rings is 1. The van der Waals surface area contributed by atoms with Gasteiger partial charge in [0.1, 0.15) is 17.4 Å². The number of halogens is 7. The Morgan fingerprint density at radius 2 is 1.58 bits per heavy atom. The highest BCUT2D eigenvalue weighted by Gasteiger charge is 2.35. The van der Waals surface area contributed by atoms with E-state index in [1.807, 2.05) is 0 Å². The van der Waals surface area contributed by atoms with Gasteiger partial charge in [-0.15, -0.1) is 18.3 Å². The number of aliphatic hydroxyl groups excluding tert-OH is 1. The third-order valence-electron chi connectivity index (χ3n) is 6.61.